The van der Waals surface area contributed by atoms with E-state index < -0.39 is 11.9 Å². The van der Waals surface area contributed by atoms with E-state index in [2.05, 4.69) is 5.43 Å². The average molecular weight is 457 g/mol. The largest absolute Gasteiger partial charge is 0.481 e. The van der Waals surface area contributed by atoms with Crippen LogP contribution in [0.25, 0.3) is 21.3 Å². The van der Waals surface area contributed by atoms with E-state index in [1.54, 1.807) is 28.9 Å². The molecule has 0 saturated heterocycles. The third-order valence-corrected chi connectivity index (χ3v) is 6.56. The van der Waals surface area contributed by atoms with E-state index in [4.69, 9.17) is 16.7 Å². The van der Waals surface area contributed by atoms with Crippen molar-refractivity contribution in [1.29, 1.82) is 0 Å². The maximum Gasteiger partial charge on any atom is 0.303 e. The lowest BCUT2D eigenvalue weighted by Crippen LogP contribution is -2.25. The van der Waals surface area contributed by atoms with Crippen molar-refractivity contribution in [2.45, 2.75) is 19.8 Å². The highest BCUT2D eigenvalue weighted by molar-refractivity contribution is 7.21. The molecular weight excluding hydrogens is 439 g/mol. The monoisotopic (exact) mass is 456 g/mol. The average Bonchev–Trinajstić information content (AvgIpc) is 3.27. The molecule has 2 heterocycles. The van der Waals surface area contributed by atoms with Gasteiger partial charge in [-0.25, -0.2) is 4.39 Å². The molecule has 0 aliphatic heterocycles. The van der Waals surface area contributed by atoms with E-state index in [1.165, 1.54) is 23.5 Å². The molecule has 2 aromatic heterocycles. The molecule has 0 spiro atoms. The first kappa shape index (κ1) is 21.1. The molecule has 158 valence electrons. The number of aromatic nitrogens is 1. The highest BCUT2D eigenvalue weighted by atomic mass is 35.5. The zero-order valence-corrected chi connectivity index (χ0v) is 18.1. The number of carboxylic acid groups (broad SMARTS) is 1. The van der Waals surface area contributed by atoms with Gasteiger partial charge in [0.05, 0.1) is 17.1 Å². The van der Waals surface area contributed by atoms with E-state index in [9.17, 15) is 14.0 Å². The van der Waals surface area contributed by atoms with Crippen LogP contribution in [0.4, 0.5) is 4.39 Å². The normalized spacial score (nSPS) is 11.1. The van der Waals surface area contributed by atoms with Crippen LogP contribution in [-0.4, -0.2) is 21.7 Å². The Kier molecular flexibility index (Phi) is 5.80. The molecule has 5 nitrogen and oxygen atoms in total. The zero-order valence-electron chi connectivity index (χ0n) is 16.5. The number of aryl methyl sites for hydroxylation is 2. The summed E-state index contributed by atoms with van der Waals surface area (Å²) in [5.74, 6) is -1.71. The zero-order chi connectivity index (χ0) is 22.1. The van der Waals surface area contributed by atoms with Gasteiger partial charge < -0.3 is 5.11 Å². The fourth-order valence-electron chi connectivity index (χ4n) is 3.36. The van der Waals surface area contributed by atoms with Crippen molar-refractivity contribution < 1.29 is 19.1 Å². The van der Waals surface area contributed by atoms with Gasteiger partial charge in [-0.15, -0.1) is 11.3 Å². The molecule has 31 heavy (non-hydrogen) atoms. The first-order valence-electron chi connectivity index (χ1n) is 9.52. The number of benzene rings is 2. The third kappa shape index (κ3) is 4.33. The fraction of sp³-hybridized carbons (Fsp3) is 0.130. The minimum Gasteiger partial charge on any atom is -0.481 e. The summed E-state index contributed by atoms with van der Waals surface area (Å²) < 4.78 is 15.8. The van der Waals surface area contributed by atoms with Crippen LogP contribution in [0.1, 0.15) is 27.3 Å². The molecular formula is C23H18ClFN2O3S. The Morgan fingerprint density at radius 1 is 1.13 bits per heavy atom. The lowest BCUT2D eigenvalue weighted by molar-refractivity contribution is -0.136. The summed E-state index contributed by atoms with van der Waals surface area (Å²) in [6.07, 6.45) is 0.127. The number of hydrogen-bond donors (Lipinski definition) is 2. The molecule has 2 N–H and O–H groups in total. The second-order valence-electron chi connectivity index (χ2n) is 7.13. The number of nitrogens with one attached hydrogen (secondary N) is 1. The standard InChI is InChI=1S/C23H18ClFN2O3S/c1-13-2-9-17-19(12-13)31-22(21(17)24)23(30)26-27-16(8-11-20(28)29)7-10-18(27)14-3-5-15(25)6-4-14/h2-7,9-10,12H,8,11H2,1H3,(H,26,30)(H,28,29). The SMILES string of the molecule is Cc1ccc2c(Cl)c(C(=O)Nn3c(CCC(=O)O)ccc3-c3ccc(F)cc3)sc2c1. The molecule has 0 saturated carbocycles. The quantitative estimate of drug-likeness (QED) is 0.381. The minimum absolute atomic E-state index is 0.0916. The van der Waals surface area contributed by atoms with Gasteiger partial charge in [0.1, 0.15) is 10.7 Å². The molecule has 0 fully saturated rings. The van der Waals surface area contributed by atoms with Gasteiger partial charge in [0, 0.05) is 27.8 Å². The van der Waals surface area contributed by atoms with Crippen molar-refractivity contribution in [1.82, 2.24) is 4.68 Å². The van der Waals surface area contributed by atoms with Gasteiger partial charge in [0.25, 0.3) is 5.91 Å². The van der Waals surface area contributed by atoms with Crippen molar-refractivity contribution in [3.8, 4) is 11.3 Å². The van der Waals surface area contributed by atoms with Crippen LogP contribution < -0.4 is 5.43 Å². The summed E-state index contributed by atoms with van der Waals surface area (Å²) in [5.41, 5.74) is 5.82. The number of nitrogens with zero attached hydrogens (tertiary/aromatic N) is 1. The fourth-order valence-corrected chi connectivity index (χ4v) is 4.86. The number of amides is 1. The van der Waals surface area contributed by atoms with Gasteiger partial charge in [-0.1, -0.05) is 23.7 Å². The Hall–Kier alpha value is -3.16. The molecule has 0 unspecified atom stereocenters. The van der Waals surface area contributed by atoms with Crippen LogP contribution >= 0.6 is 22.9 Å². The van der Waals surface area contributed by atoms with Crippen molar-refractivity contribution in [2.75, 3.05) is 5.43 Å². The number of carbonyl (C=O) groups excluding carboxylic acids is 1. The van der Waals surface area contributed by atoms with Crippen molar-refractivity contribution in [2.24, 2.45) is 0 Å². The van der Waals surface area contributed by atoms with E-state index in [-0.39, 0.29) is 18.7 Å². The number of halogens is 2. The lowest BCUT2D eigenvalue weighted by Gasteiger charge is -2.14. The Balaban J connectivity index is 1.72. The number of hydrogen-bond acceptors (Lipinski definition) is 3. The van der Waals surface area contributed by atoms with E-state index in [0.717, 1.165) is 15.6 Å². The van der Waals surface area contributed by atoms with Crippen LogP contribution in [-0.2, 0) is 11.2 Å². The molecule has 8 heteroatoms. The molecule has 4 aromatic rings. The molecule has 2 aromatic carbocycles. The van der Waals surface area contributed by atoms with Gasteiger partial charge in [0.15, 0.2) is 0 Å². The number of rotatable bonds is 6. The predicted molar refractivity (Wildman–Crippen MR) is 121 cm³/mol. The number of fused-ring (bicyclic) bond motifs is 1. The van der Waals surface area contributed by atoms with Crippen molar-refractivity contribution in [3.05, 3.63) is 81.6 Å². The molecule has 0 atom stereocenters. The highest BCUT2D eigenvalue weighted by Crippen LogP contribution is 2.36. The van der Waals surface area contributed by atoms with Crippen LogP contribution in [0.2, 0.25) is 5.02 Å². The summed E-state index contributed by atoms with van der Waals surface area (Å²) in [4.78, 5) is 24.6. The van der Waals surface area contributed by atoms with E-state index >= 15 is 0 Å². The van der Waals surface area contributed by atoms with Gasteiger partial charge in [0.2, 0.25) is 0 Å². The Morgan fingerprint density at radius 3 is 2.58 bits per heavy atom. The van der Waals surface area contributed by atoms with Gasteiger partial charge in [-0.05, 0) is 55.0 Å². The smallest absolute Gasteiger partial charge is 0.303 e. The lowest BCUT2D eigenvalue weighted by atomic mass is 10.1. The van der Waals surface area contributed by atoms with Gasteiger partial charge in [-0.3, -0.25) is 19.7 Å². The summed E-state index contributed by atoms with van der Waals surface area (Å²) >= 11 is 7.78. The first-order chi connectivity index (χ1) is 14.8. The van der Waals surface area contributed by atoms with Crippen molar-refractivity contribution >= 4 is 44.9 Å². The molecule has 4 rings (SSSR count). The number of carboxylic acids is 1. The second kappa shape index (κ2) is 8.53. The van der Waals surface area contributed by atoms with Crippen LogP contribution in [0.5, 0.6) is 0 Å². The maximum atomic E-state index is 13.4. The van der Waals surface area contributed by atoms with Crippen LogP contribution in [0.15, 0.2) is 54.6 Å². The predicted octanol–water partition coefficient (Wildman–Crippen LogP) is 5.87. The minimum atomic E-state index is -0.940. The van der Waals surface area contributed by atoms with Crippen molar-refractivity contribution in [3.63, 3.8) is 0 Å². The van der Waals surface area contributed by atoms with Crippen LogP contribution in [0, 0.1) is 12.7 Å². The Bertz CT molecular complexity index is 1290. The maximum absolute atomic E-state index is 13.4. The molecule has 1 amide bonds. The summed E-state index contributed by atoms with van der Waals surface area (Å²) in [6, 6.07) is 15.2. The number of aliphatic carboxylic acids is 1. The molecule has 0 aliphatic carbocycles. The van der Waals surface area contributed by atoms with Gasteiger partial charge >= 0.3 is 5.97 Å². The van der Waals surface area contributed by atoms with Crippen LogP contribution in [0.3, 0.4) is 0 Å². The molecule has 0 bridgehead atoms. The van der Waals surface area contributed by atoms with E-state index in [0.29, 0.717) is 26.9 Å². The van der Waals surface area contributed by atoms with Gasteiger partial charge in [-0.2, -0.15) is 0 Å². The molecule has 0 radical (unpaired) electrons. The topological polar surface area (TPSA) is 71.3 Å². The Morgan fingerprint density at radius 2 is 1.87 bits per heavy atom. The van der Waals surface area contributed by atoms with E-state index in [1.807, 2.05) is 25.1 Å². The highest BCUT2D eigenvalue weighted by Gasteiger charge is 2.20. The number of carbonyl (C=O) groups is 2. The number of thiophene rings is 1. The third-order valence-electron chi connectivity index (χ3n) is 4.90. The summed E-state index contributed by atoms with van der Waals surface area (Å²) in [5, 5.41) is 10.2. The summed E-state index contributed by atoms with van der Waals surface area (Å²) in [6.45, 7) is 1.97. The second-order valence-corrected chi connectivity index (χ2v) is 8.56. The summed E-state index contributed by atoms with van der Waals surface area (Å²) in [7, 11) is 0. The Labute approximate surface area is 186 Å². The first-order valence-corrected chi connectivity index (χ1v) is 10.7. The molecule has 0 aliphatic rings.